The van der Waals surface area contributed by atoms with E-state index in [-0.39, 0.29) is 30.9 Å². The van der Waals surface area contributed by atoms with Crippen molar-refractivity contribution in [1.29, 1.82) is 0 Å². The number of amides is 4. The third-order valence-corrected chi connectivity index (χ3v) is 8.46. The Balaban J connectivity index is 1.47. The predicted molar refractivity (Wildman–Crippen MR) is 169 cm³/mol. The van der Waals surface area contributed by atoms with Gasteiger partial charge in [-0.25, -0.2) is 0 Å². The molecule has 4 amide bonds. The van der Waals surface area contributed by atoms with Gasteiger partial charge in [-0.3, -0.25) is 23.9 Å². The number of rotatable bonds is 4. The second-order valence-electron chi connectivity index (χ2n) is 11.9. The first-order chi connectivity index (χ1) is 22.7. The molecule has 5 rings (SSSR count). The number of nitrogens with zero attached hydrogens (tertiary/aromatic N) is 3. The SMILES string of the molecule is COc1cccc2c1OCCCn1cc(nn1)CNC(=O)[C@@H](Cc1ccccc1)NC(=O)[C@H]([C@@H](C)O)NC(=O)C1(CCCC1)NC2=O. The van der Waals surface area contributed by atoms with Gasteiger partial charge < -0.3 is 35.8 Å². The van der Waals surface area contributed by atoms with E-state index < -0.39 is 47.4 Å². The van der Waals surface area contributed by atoms with Crippen LogP contribution >= 0.6 is 0 Å². The quantitative estimate of drug-likeness (QED) is 0.276. The Kier molecular flexibility index (Phi) is 10.7. The first-order valence-corrected chi connectivity index (χ1v) is 15.8. The molecule has 2 aliphatic rings. The summed E-state index contributed by atoms with van der Waals surface area (Å²) in [7, 11) is 1.48. The van der Waals surface area contributed by atoms with Crippen LogP contribution in [0.4, 0.5) is 0 Å². The number of aliphatic hydroxyl groups excluding tert-OH is 1. The Labute approximate surface area is 272 Å². The van der Waals surface area contributed by atoms with Crippen molar-refractivity contribution in [3.05, 3.63) is 71.5 Å². The van der Waals surface area contributed by atoms with Crippen molar-refractivity contribution in [3.8, 4) is 11.5 Å². The number of benzene rings is 2. The monoisotopic (exact) mass is 647 g/mol. The highest BCUT2D eigenvalue weighted by molar-refractivity contribution is 6.02. The number of aliphatic hydroxyl groups is 1. The highest BCUT2D eigenvalue weighted by atomic mass is 16.5. The summed E-state index contributed by atoms with van der Waals surface area (Å²) < 4.78 is 13.2. The molecule has 0 unspecified atom stereocenters. The molecule has 1 spiro atoms. The smallest absolute Gasteiger partial charge is 0.256 e. The first kappa shape index (κ1) is 33.4. The molecule has 14 heteroatoms. The average molecular weight is 648 g/mol. The fourth-order valence-electron chi connectivity index (χ4n) is 5.91. The van der Waals surface area contributed by atoms with Crippen LogP contribution in [0.3, 0.4) is 0 Å². The maximum Gasteiger partial charge on any atom is 0.256 e. The van der Waals surface area contributed by atoms with Gasteiger partial charge in [-0.2, -0.15) is 0 Å². The van der Waals surface area contributed by atoms with E-state index in [2.05, 4.69) is 31.6 Å². The summed E-state index contributed by atoms with van der Waals surface area (Å²) in [5.41, 5.74) is 0.161. The molecular formula is C33H41N7O7. The second-order valence-corrected chi connectivity index (χ2v) is 11.9. The molecular weight excluding hydrogens is 606 g/mol. The van der Waals surface area contributed by atoms with Crippen molar-refractivity contribution in [2.45, 2.75) is 82.3 Å². The standard InChI is InChI=1S/C33H41N7O7/c1-21(41)27-31(44)35-25(18-22-10-4-3-5-11-22)30(43)34-19-23-20-40(39-38-23)16-9-17-47-28-24(12-8-13-26(28)46-2)29(42)37-33(32(45)36-27)14-6-7-15-33/h3-5,8,10-13,20-21,25,27,41H,6-7,9,14-19H2,1-2H3,(H,34,43)(H,35,44)(H,36,45)(H,37,42)/t21-,25-,27+/m1/s1. The van der Waals surface area contributed by atoms with Crippen LogP contribution in [0.15, 0.2) is 54.7 Å². The lowest BCUT2D eigenvalue weighted by molar-refractivity contribution is -0.136. The number of ether oxygens (including phenoxy) is 2. The molecule has 2 aromatic carbocycles. The number of hydrogen-bond acceptors (Lipinski definition) is 9. The molecule has 0 saturated heterocycles. The Morgan fingerprint density at radius 1 is 1.02 bits per heavy atom. The van der Waals surface area contributed by atoms with Crippen LogP contribution in [-0.2, 0) is 33.9 Å². The maximum atomic E-state index is 13.9. The van der Waals surface area contributed by atoms with Crippen molar-refractivity contribution < 1.29 is 33.8 Å². The van der Waals surface area contributed by atoms with E-state index in [1.54, 1.807) is 29.1 Å². The van der Waals surface area contributed by atoms with Gasteiger partial charge in [0.05, 0.1) is 38.1 Å². The van der Waals surface area contributed by atoms with E-state index >= 15 is 0 Å². The number of para-hydroxylation sites is 1. The molecule has 3 atom stereocenters. The topological polar surface area (TPSA) is 186 Å². The van der Waals surface area contributed by atoms with Crippen molar-refractivity contribution >= 4 is 23.6 Å². The van der Waals surface area contributed by atoms with Crippen molar-refractivity contribution in [2.75, 3.05) is 13.7 Å². The van der Waals surface area contributed by atoms with Gasteiger partial charge in [0, 0.05) is 19.4 Å². The van der Waals surface area contributed by atoms with Gasteiger partial charge in [0.15, 0.2) is 11.5 Å². The van der Waals surface area contributed by atoms with Gasteiger partial charge in [-0.15, -0.1) is 5.10 Å². The lowest BCUT2D eigenvalue weighted by atomic mass is 9.94. The highest BCUT2D eigenvalue weighted by Crippen LogP contribution is 2.34. The van der Waals surface area contributed by atoms with Crippen LogP contribution in [0.5, 0.6) is 11.5 Å². The number of carbonyl (C=O) groups is 4. The summed E-state index contributed by atoms with van der Waals surface area (Å²) in [5, 5.41) is 30.1. The third kappa shape index (κ3) is 8.06. The number of aromatic nitrogens is 3. The molecule has 1 aliphatic carbocycles. The van der Waals surface area contributed by atoms with E-state index in [4.69, 9.17) is 9.47 Å². The minimum atomic E-state index is -1.41. The second kappa shape index (κ2) is 15.1. The molecule has 5 N–H and O–H groups in total. The van der Waals surface area contributed by atoms with Gasteiger partial charge in [-0.05, 0) is 37.5 Å². The number of methoxy groups -OCH3 is 1. The zero-order valence-corrected chi connectivity index (χ0v) is 26.5. The predicted octanol–water partition coefficient (Wildman–Crippen LogP) is 1.02. The zero-order valence-electron chi connectivity index (χ0n) is 26.5. The summed E-state index contributed by atoms with van der Waals surface area (Å²) in [6.07, 6.45) is 3.07. The number of hydrogen-bond donors (Lipinski definition) is 5. The van der Waals surface area contributed by atoms with Crippen LogP contribution in [0, 0.1) is 0 Å². The summed E-state index contributed by atoms with van der Waals surface area (Å²) in [6, 6.07) is 11.7. The molecule has 2 bridgehead atoms. The zero-order chi connectivity index (χ0) is 33.4. The number of carbonyl (C=O) groups excluding carboxylic acids is 4. The van der Waals surface area contributed by atoms with E-state index in [0.29, 0.717) is 50.1 Å². The van der Waals surface area contributed by atoms with Crippen LogP contribution in [0.1, 0.15) is 60.6 Å². The molecule has 1 saturated carbocycles. The normalized spacial score (nSPS) is 21.6. The lowest BCUT2D eigenvalue weighted by Crippen LogP contribution is -2.63. The molecule has 3 aromatic rings. The number of fused-ring (bicyclic) bond motifs is 3. The van der Waals surface area contributed by atoms with Crippen LogP contribution in [0.25, 0.3) is 0 Å². The summed E-state index contributed by atoms with van der Waals surface area (Å²) in [6.45, 7) is 2.12. The summed E-state index contributed by atoms with van der Waals surface area (Å²) in [5.74, 6) is -1.77. The fraction of sp³-hybridized carbons (Fsp3) is 0.455. The molecule has 1 fully saturated rings. The summed E-state index contributed by atoms with van der Waals surface area (Å²) in [4.78, 5) is 54.8. The maximum absolute atomic E-state index is 13.9. The van der Waals surface area contributed by atoms with E-state index in [0.717, 1.165) is 5.56 Å². The number of nitrogens with one attached hydrogen (secondary N) is 4. The van der Waals surface area contributed by atoms with Crippen molar-refractivity contribution in [1.82, 2.24) is 36.3 Å². The Morgan fingerprint density at radius 3 is 2.51 bits per heavy atom. The highest BCUT2D eigenvalue weighted by Gasteiger charge is 2.45. The van der Waals surface area contributed by atoms with Crippen LogP contribution in [0.2, 0.25) is 0 Å². The van der Waals surface area contributed by atoms with E-state index in [1.165, 1.54) is 14.0 Å². The fourth-order valence-corrected chi connectivity index (χ4v) is 5.91. The lowest BCUT2D eigenvalue weighted by Gasteiger charge is -2.32. The van der Waals surface area contributed by atoms with Gasteiger partial charge in [0.2, 0.25) is 17.7 Å². The molecule has 1 aromatic heterocycles. The van der Waals surface area contributed by atoms with Gasteiger partial charge >= 0.3 is 0 Å². The Morgan fingerprint density at radius 2 is 1.79 bits per heavy atom. The summed E-state index contributed by atoms with van der Waals surface area (Å²) >= 11 is 0. The minimum absolute atomic E-state index is 0.0634. The Hall–Kier alpha value is -4.98. The molecule has 2 heterocycles. The third-order valence-electron chi connectivity index (χ3n) is 8.46. The van der Waals surface area contributed by atoms with Gasteiger partial charge in [-0.1, -0.05) is 54.5 Å². The number of aryl methyl sites for hydroxylation is 1. The molecule has 250 valence electrons. The minimum Gasteiger partial charge on any atom is -0.493 e. The van der Waals surface area contributed by atoms with Gasteiger partial charge in [0.1, 0.15) is 23.3 Å². The molecule has 14 nitrogen and oxygen atoms in total. The Bertz CT molecular complexity index is 1570. The van der Waals surface area contributed by atoms with Crippen LogP contribution < -0.4 is 30.7 Å². The molecule has 47 heavy (non-hydrogen) atoms. The average Bonchev–Trinajstić information content (AvgIpc) is 3.74. The van der Waals surface area contributed by atoms with E-state index in [9.17, 15) is 24.3 Å². The van der Waals surface area contributed by atoms with Gasteiger partial charge in [0.25, 0.3) is 5.91 Å². The van der Waals surface area contributed by atoms with Crippen LogP contribution in [-0.4, -0.2) is 81.2 Å². The molecule has 0 radical (unpaired) electrons. The molecule has 1 aliphatic heterocycles. The van der Waals surface area contributed by atoms with E-state index in [1.807, 2.05) is 30.3 Å². The van der Waals surface area contributed by atoms with Crippen molar-refractivity contribution in [2.24, 2.45) is 0 Å². The van der Waals surface area contributed by atoms with Crippen molar-refractivity contribution in [3.63, 3.8) is 0 Å². The first-order valence-electron chi connectivity index (χ1n) is 15.8. The largest absolute Gasteiger partial charge is 0.493 e.